The fourth-order valence-electron chi connectivity index (χ4n) is 2.31. The lowest BCUT2D eigenvalue weighted by molar-refractivity contribution is -0.520. The van der Waals surface area contributed by atoms with Crippen LogP contribution in [0.15, 0.2) is 24.3 Å². The van der Waals surface area contributed by atoms with Gasteiger partial charge in [0.15, 0.2) is 0 Å². The van der Waals surface area contributed by atoms with E-state index in [1.165, 1.54) is 0 Å². The minimum atomic E-state index is -0.791. The number of piperazine rings is 1. The van der Waals surface area contributed by atoms with E-state index in [4.69, 9.17) is 4.74 Å². The Bertz CT molecular complexity index is 551. The maximum atomic E-state index is 12.0. The summed E-state index contributed by atoms with van der Waals surface area (Å²) in [6.45, 7) is 6.97. The van der Waals surface area contributed by atoms with Crippen molar-refractivity contribution < 1.29 is 14.5 Å². The van der Waals surface area contributed by atoms with Gasteiger partial charge in [-0.05, 0) is 45.0 Å². The minimum absolute atomic E-state index is 0.298. The summed E-state index contributed by atoms with van der Waals surface area (Å²) >= 11 is 0. The normalized spacial score (nSPS) is 18.9. The van der Waals surface area contributed by atoms with E-state index >= 15 is 0 Å². The van der Waals surface area contributed by atoms with Gasteiger partial charge in [0.25, 0.3) is 6.17 Å². The maximum absolute atomic E-state index is 12.0. The molecule has 22 heavy (non-hydrogen) atoms. The highest BCUT2D eigenvalue weighted by atomic mass is 16.6. The SMILES string of the molecule is CC(C)(C)OC(=O)c1ccc(N2CCNCC2[N+](=O)[O-])cc1. The van der Waals surface area contributed by atoms with E-state index in [9.17, 15) is 14.9 Å². The predicted octanol–water partition coefficient (Wildman–Crippen LogP) is 1.65. The summed E-state index contributed by atoms with van der Waals surface area (Å²) in [5, 5.41) is 14.1. The molecule has 1 heterocycles. The minimum Gasteiger partial charge on any atom is -0.456 e. The molecule has 1 atom stereocenters. The van der Waals surface area contributed by atoms with Gasteiger partial charge in [0.2, 0.25) is 0 Å². The van der Waals surface area contributed by atoms with Gasteiger partial charge >= 0.3 is 5.97 Å². The molecule has 2 rings (SSSR count). The van der Waals surface area contributed by atoms with Crippen molar-refractivity contribution in [1.29, 1.82) is 0 Å². The van der Waals surface area contributed by atoms with Gasteiger partial charge in [0.1, 0.15) is 5.60 Å². The molecule has 1 N–H and O–H groups in total. The monoisotopic (exact) mass is 307 g/mol. The summed E-state index contributed by atoms with van der Waals surface area (Å²) in [5.74, 6) is -0.398. The van der Waals surface area contributed by atoms with E-state index in [0.29, 0.717) is 25.2 Å². The number of nitrogens with zero attached hydrogens (tertiary/aromatic N) is 2. The number of nitrogens with one attached hydrogen (secondary N) is 1. The van der Waals surface area contributed by atoms with E-state index < -0.39 is 17.7 Å². The second-order valence-corrected chi connectivity index (χ2v) is 6.21. The van der Waals surface area contributed by atoms with Gasteiger partial charge in [-0.2, -0.15) is 0 Å². The fourth-order valence-corrected chi connectivity index (χ4v) is 2.31. The number of carbonyl (C=O) groups excluding carboxylic acids is 1. The lowest BCUT2D eigenvalue weighted by Crippen LogP contribution is -2.55. The van der Waals surface area contributed by atoms with Crippen molar-refractivity contribution in [3.63, 3.8) is 0 Å². The summed E-state index contributed by atoms with van der Waals surface area (Å²) < 4.78 is 5.30. The Labute approximate surface area is 129 Å². The number of rotatable bonds is 3. The molecule has 7 nitrogen and oxygen atoms in total. The van der Waals surface area contributed by atoms with Crippen LogP contribution in [0.3, 0.4) is 0 Å². The Morgan fingerprint density at radius 3 is 2.55 bits per heavy atom. The van der Waals surface area contributed by atoms with Gasteiger partial charge in [-0.1, -0.05) is 0 Å². The van der Waals surface area contributed by atoms with Crippen molar-refractivity contribution in [1.82, 2.24) is 5.32 Å². The number of nitro groups is 1. The molecule has 1 saturated heterocycles. The first-order valence-electron chi connectivity index (χ1n) is 7.22. The number of anilines is 1. The first kappa shape index (κ1) is 16.2. The summed E-state index contributed by atoms with van der Waals surface area (Å²) in [6.07, 6.45) is -0.791. The molecule has 7 heteroatoms. The molecule has 0 radical (unpaired) electrons. The molecule has 0 aromatic heterocycles. The molecule has 1 unspecified atom stereocenters. The maximum Gasteiger partial charge on any atom is 0.338 e. The summed E-state index contributed by atoms with van der Waals surface area (Å²) in [5.41, 5.74) is 0.618. The predicted molar refractivity (Wildman–Crippen MR) is 82.6 cm³/mol. The second kappa shape index (κ2) is 6.31. The van der Waals surface area contributed by atoms with Gasteiger partial charge in [0, 0.05) is 23.7 Å². The van der Waals surface area contributed by atoms with Crippen LogP contribution in [-0.4, -0.2) is 42.3 Å². The molecule has 1 fully saturated rings. The first-order valence-corrected chi connectivity index (χ1v) is 7.22. The molecule has 1 aliphatic rings. The molecule has 120 valence electrons. The van der Waals surface area contributed by atoms with Crippen molar-refractivity contribution in [2.75, 3.05) is 24.5 Å². The van der Waals surface area contributed by atoms with Crippen LogP contribution in [0.1, 0.15) is 31.1 Å². The lowest BCUT2D eigenvalue weighted by Gasteiger charge is -2.32. The van der Waals surface area contributed by atoms with Crippen LogP contribution >= 0.6 is 0 Å². The van der Waals surface area contributed by atoms with E-state index in [-0.39, 0.29) is 4.92 Å². The number of esters is 1. The quantitative estimate of drug-likeness (QED) is 0.519. The largest absolute Gasteiger partial charge is 0.456 e. The van der Waals surface area contributed by atoms with Crippen molar-refractivity contribution in [2.45, 2.75) is 32.5 Å². The van der Waals surface area contributed by atoms with Crippen LogP contribution in [0.25, 0.3) is 0 Å². The van der Waals surface area contributed by atoms with Crippen LogP contribution in [-0.2, 0) is 4.74 Å². The van der Waals surface area contributed by atoms with Gasteiger partial charge in [-0.25, -0.2) is 4.79 Å². The molecule has 1 aromatic carbocycles. The smallest absolute Gasteiger partial charge is 0.338 e. The van der Waals surface area contributed by atoms with Crippen molar-refractivity contribution in [3.05, 3.63) is 39.9 Å². The van der Waals surface area contributed by atoms with Crippen molar-refractivity contribution in [2.24, 2.45) is 0 Å². The van der Waals surface area contributed by atoms with Gasteiger partial charge in [-0.15, -0.1) is 0 Å². The molecule has 0 saturated carbocycles. The van der Waals surface area contributed by atoms with Crippen LogP contribution in [0.2, 0.25) is 0 Å². The summed E-state index contributed by atoms with van der Waals surface area (Å²) in [4.78, 5) is 24.5. The zero-order valence-corrected chi connectivity index (χ0v) is 13.0. The standard InChI is InChI=1S/C15H21N3O4/c1-15(2,3)22-14(19)11-4-6-12(7-5-11)17-9-8-16-10-13(17)18(20)21/h4-7,13,16H,8-10H2,1-3H3. The molecule has 0 spiro atoms. The zero-order chi connectivity index (χ0) is 16.3. The Morgan fingerprint density at radius 2 is 2.00 bits per heavy atom. The molecule has 0 bridgehead atoms. The van der Waals surface area contributed by atoms with Crippen molar-refractivity contribution in [3.8, 4) is 0 Å². The molecular weight excluding hydrogens is 286 g/mol. The van der Waals surface area contributed by atoms with E-state index in [1.54, 1.807) is 29.2 Å². The van der Waals surface area contributed by atoms with E-state index in [1.807, 2.05) is 20.8 Å². The molecular formula is C15H21N3O4. The highest BCUT2D eigenvalue weighted by Crippen LogP contribution is 2.21. The second-order valence-electron chi connectivity index (χ2n) is 6.21. The number of hydrogen-bond acceptors (Lipinski definition) is 6. The summed E-state index contributed by atoms with van der Waals surface area (Å²) in [7, 11) is 0. The number of ether oxygens (including phenoxy) is 1. The number of benzene rings is 1. The third kappa shape index (κ3) is 3.94. The number of hydrogen-bond donors (Lipinski definition) is 1. The Balaban J connectivity index is 2.14. The third-order valence-electron chi connectivity index (χ3n) is 3.29. The van der Waals surface area contributed by atoms with Gasteiger partial charge < -0.3 is 15.0 Å². The number of carbonyl (C=O) groups is 1. The van der Waals surface area contributed by atoms with Crippen LogP contribution in [0.5, 0.6) is 0 Å². The van der Waals surface area contributed by atoms with Crippen LogP contribution < -0.4 is 10.2 Å². The average Bonchev–Trinajstić information content (AvgIpc) is 2.45. The first-order chi connectivity index (χ1) is 10.3. The Morgan fingerprint density at radius 1 is 1.36 bits per heavy atom. The van der Waals surface area contributed by atoms with Crippen molar-refractivity contribution >= 4 is 11.7 Å². The molecule has 0 amide bonds. The Kier molecular flexibility index (Phi) is 4.65. The Hall–Kier alpha value is -2.15. The molecule has 1 aliphatic heterocycles. The zero-order valence-electron chi connectivity index (χ0n) is 13.0. The van der Waals surface area contributed by atoms with Gasteiger partial charge in [0.05, 0.1) is 12.1 Å². The lowest BCUT2D eigenvalue weighted by atomic mass is 10.1. The van der Waals surface area contributed by atoms with Gasteiger partial charge in [-0.3, -0.25) is 10.1 Å². The molecule has 1 aromatic rings. The topological polar surface area (TPSA) is 84.7 Å². The van der Waals surface area contributed by atoms with E-state index in [2.05, 4.69) is 5.32 Å². The highest BCUT2D eigenvalue weighted by Gasteiger charge is 2.31. The highest BCUT2D eigenvalue weighted by molar-refractivity contribution is 5.90. The van der Waals surface area contributed by atoms with Crippen LogP contribution in [0, 0.1) is 10.1 Å². The molecule has 0 aliphatic carbocycles. The third-order valence-corrected chi connectivity index (χ3v) is 3.29. The van der Waals surface area contributed by atoms with E-state index in [0.717, 1.165) is 5.69 Å². The van der Waals surface area contributed by atoms with Crippen LogP contribution in [0.4, 0.5) is 5.69 Å². The average molecular weight is 307 g/mol. The fraction of sp³-hybridized carbons (Fsp3) is 0.533. The summed E-state index contributed by atoms with van der Waals surface area (Å²) in [6, 6.07) is 6.73.